The largest absolute Gasteiger partial charge is 0.507 e. The van der Waals surface area contributed by atoms with E-state index >= 15 is 0 Å². The second-order valence-electron chi connectivity index (χ2n) is 12.6. The molecule has 274 valence electrons. The number of esters is 1. The highest BCUT2D eigenvalue weighted by Crippen LogP contribution is 2.58. The maximum absolute atomic E-state index is 13.3. The molecule has 4 atom stereocenters. The number of fused-ring (bicyclic) bond motifs is 2. The van der Waals surface area contributed by atoms with Gasteiger partial charge in [-0.25, -0.2) is 4.79 Å². The predicted molar refractivity (Wildman–Crippen MR) is 179 cm³/mol. The van der Waals surface area contributed by atoms with E-state index in [1.807, 2.05) is 0 Å². The monoisotopic (exact) mass is 730 g/mol. The van der Waals surface area contributed by atoms with Crippen molar-refractivity contribution in [2.24, 2.45) is 0 Å². The summed E-state index contributed by atoms with van der Waals surface area (Å²) in [6.45, 7) is 0. The third kappa shape index (κ3) is 5.85. The van der Waals surface area contributed by atoms with Gasteiger partial charge in [-0.2, -0.15) is 0 Å². The summed E-state index contributed by atoms with van der Waals surface area (Å²) in [5.74, 6) is -8.50. The summed E-state index contributed by atoms with van der Waals surface area (Å²) in [5, 5.41) is 126. The Morgan fingerprint density at radius 3 is 1.51 bits per heavy atom. The lowest BCUT2D eigenvalue weighted by Gasteiger charge is -2.36. The molecule has 16 nitrogen and oxygen atoms in total. The van der Waals surface area contributed by atoms with E-state index in [4.69, 9.17) is 14.2 Å². The summed E-state index contributed by atoms with van der Waals surface area (Å²) in [6.07, 6.45) is -5.91. The number of aliphatic hydroxyl groups excluding tert-OH is 1. The number of hydrogen-bond donors (Lipinski definition) is 12. The Morgan fingerprint density at radius 1 is 0.528 bits per heavy atom. The van der Waals surface area contributed by atoms with Crippen LogP contribution in [-0.2, 0) is 17.6 Å². The summed E-state index contributed by atoms with van der Waals surface area (Å²) < 4.78 is 18.2. The first-order valence-corrected chi connectivity index (χ1v) is 15.8. The lowest BCUT2D eigenvalue weighted by atomic mass is 9.87. The minimum Gasteiger partial charge on any atom is -0.507 e. The van der Waals surface area contributed by atoms with Crippen LogP contribution in [0.15, 0.2) is 60.7 Å². The van der Waals surface area contributed by atoms with Gasteiger partial charge in [-0.1, -0.05) is 12.1 Å². The van der Waals surface area contributed by atoms with Crippen molar-refractivity contribution < 1.29 is 80.3 Å². The molecule has 0 saturated heterocycles. The zero-order valence-corrected chi connectivity index (χ0v) is 27.0. The Labute approximate surface area is 297 Å². The van der Waals surface area contributed by atoms with Crippen LogP contribution in [0.25, 0.3) is 11.1 Å². The fourth-order valence-corrected chi connectivity index (χ4v) is 6.55. The quantitative estimate of drug-likeness (QED) is 0.0897. The van der Waals surface area contributed by atoms with Crippen LogP contribution in [0.3, 0.4) is 0 Å². The molecule has 0 aromatic heterocycles. The Balaban J connectivity index is 1.37. The average Bonchev–Trinajstić information content (AvgIpc) is 3.10. The fraction of sp³-hybridized carbons (Fsp3) is 0.162. The van der Waals surface area contributed by atoms with E-state index in [9.17, 15) is 66.1 Å². The number of phenols is 11. The van der Waals surface area contributed by atoms with Crippen molar-refractivity contribution in [3.8, 4) is 85.9 Å². The third-order valence-electron chi connectivity index (χ3n) is 9.14. The molecule has 2 aliphatic heterocycles. The van der Waals surface area contributed by atoms with E-state index < -0.39 is 93.6 Å². The molecule has 0 fully saturated rings. The van der Waals surface area contributed by atoms with Gasteiger partial charge >= 0.3 is 5.97 Å². The molecule has 2 aliphatic rings. The second-order valence-corrected chi connectivity index (χ2v) is 12.6. The number of ether oxygens (including phenoxy) is 3. The van der Waals surface area contributed by atoms with Crippen LogP contribution in [0.1, 0.15) is 44.8 Å². The van der Waals surface area contributed by atoms with Crippen molar-refractivity contribution in [3.63, 3.8) is 0 Å². The van der Waals surface area contributed by atoms with E-state index in [0.29, 0.717) is 0 Å². The van der Waals surface area contributed by atoms with Crippen LogP contribution in [0.4, 0.5) is 0 Å². The summed E-state index contributed by atoms with van der Waals surface area (Å²) in [7, 11) is 0. The van der Waals surface area contributed by atoms with Gasteiger partial charge in [-0.15, -0.1) is 0 Å². The number of aromatic hydroxyl groups is 11. The highest BCUT2D eigenvalue weighted by Gasteiger charge is 2.42. The van der Waals surface area contributed by atoms with Crippen LogP contribution < -0.4 is 9.47 Å². The number of rotatable bonds is 5. The third-order valence-corrected chi connectivity index (χ3v) is 9.14. The molecule has 5 aromatic carbocycles. The molecule has 0 bridgehead atoms. The Bertz CT molecular complexity index is 2300. The molecule has 0 aliphatic carbocycles. The number of hydrogen-bond acceptors (Lipinski definition) is 16. The lowest BCUT2D eigenvalue weighted by molar-refractivity contribution is -0.0186. The Kier molecular flexibility index (Phi) is 8.18. The van der Waals surface area contributed by atoms with Gasteiger partial charge in [0.1, 0.15) is 46.7 Å². The molecule has 0 spiro atoms. The normalized spacial score (nSPS) is 19.0. The minimum absolute atomic E-state index is 0.00815. The topological polar surface area (TPSA) is 288 Å². The molecule has 4 unspecified atom stereocenters. The summed E-state index contributed by atoms with van der Waals surface area (Å²) >= 11 is 0. The van der Waals surface area contributed by atoms with Gasteiger partial charge in [-0.3, -0.25) is 0 Å². The highest BCUT2D eigenvalue weighted by molar-refractivity contribution is 5.92. The van der Waals surface area contributed by atoms with Crippen molar-refractivity contribution in [1.29, 1.82) is 0 Å². The van der Waals surface area contributed by atoms with Gasteiger partial charge in [-0.05, 0) is 42.0 Å². The van der Waals surface area contributed by atoms with Crippen molar-refractivity contribution in [3.05, 3.63) is 88.5 Å². The van der Waals surface area contributed by atoms with E-state index in [0.717, 1.165) is 42.5 Å². The first kappa shape index (κ1) is 34.4. The molecule has 0 radical (unpaired) electrons. The molecule has 12 N–H and O–H groups in total. The lowest BCUT2D eigenvalue weighted by Crippen LogP contribution is -2.35. The second kappa shape index (κ2) is 12.6. The molecule has 0 saturated carbocycles. The van der Waals surface area contributed by atoms with E-state index in [2.05, 4.69) is 0 Å². The standard InChI is InChI=1S/C37H30O16/c38-18-3-1-13(5-22(18)42)33-28(48)9-16-20(40)11-24(44)30(35(16)52-33)31-25(45)12-21(41)17-10-29(51-37(50)15-7-26(46)32(49)27(47)8-15)34(53-36(17)31)14-2-4-19(39)23(43)6-14/h1-8,11-12,28-29,33-34,38-49H,9-10H2. The van der Waals surface area contributed by atoms with Crippen LogP contribution in [0.5, 0.6) is 74.7 Å². The number of carbonyl (C=O) groups is 1. The number of aliphatic hydroxyl groups is 1. The molecular formula is C37H30O16. The molecule has 5 aromatic rings. The van der Waals surface area contributed by atoms with Crippen molar-refractivity contribution in [2.45, 2.75) is 37.3 Å². The minimum atomic E-state index is -1.39. The Morgan fingerprint density at radius 2 is 1.00 bits per heavy atom. The van der Waals surface area contributed by atoms with Crippen LogP contribution >= 0.6 is 0 Å². The molecule has 0 amide bonds. The van der Waals surface area contributed by atoms with Gasteiger partial charge < -0.3 is 75.5 Å². The average molecular weight is 731 g/mol. The van der Waals surface area contributed by atoms with Crippen LogP contribution in [-0.4, -0.2) is 79.5 Å². The molecular weight excluding hydrogens is 700 g/mol. The van der Waals surface area contributed by atoms with Crippen molar-refractivity contribution >= 4 is 5.97 Å². The smallest absolute Gasteiger partial charge is 0.338 e. The fourth-order valence-electron chi connectivity index (χ4n) is 6.55. The first-order chi connectivity index (χ1) is 25.1. The SMILES string of the molecule is O=C(OC1Cc2c(O)cc(O)c(-c3c(O)cc(O)c4c3OC(c3ccc(O)c(O)c3)C(O)C4)c2OC1c1ccc(O)c(O)c1)c1cc(O)c(O)c(O)c1. The number of benzene rings is 5. The van der Waals surface area contributed by atoms with E-state index in [-0.39, 0.29) is 63.3 Å². The van der Waals surface area contributed by atoms with Gasteiger partial charge in [0.25, 0.3) is 0 Å². The van der Waals surface area contributed by atoms with Crippen molar-refractivity contribution in [1.82, 2.24) is 0 Å². The first-order valence-electron chi connectivity index (χ1n) is 15.8. The van der Waals surface area contributed by atoms with Gasteiger partial charge in [0.2, 0.25) is 0 Å². The summed E-state index contributed by atoms with van der Waals surface area (Å²) in [5.41, 5.74) is -0.671. The zero-order valence-electron chi connectivity index (χ0n) is 27.0. The van der Waals surface area contributed by atoms with Gasteiger partial charge in [0, 0.05) is 41.7 Å². The molecule has 53 heavy (non-hydrogen) atoms. The molecule has 16 heteroatoms. The van der Waals surface area contributed by atoms with E-state index in [1.165, 1.54) is 18.2 Å². The van der Waals surface area contributed by atoms with Gasteiger partial charge in [0.05, 0.1) is 22.8 Å². The Hall–Kier alpha value is -7.07. The number of phenolic OH excluding ortho intramolecular Hbond substituents is 11. The number of carbonyl (C=O) groups excluding carboxylic acids is 1. The van der Waals surface area contributed by atoms with E-state index in [1.54, 1.807) is 0 Å². The summed E-state index contributed by atoms with van der Waals surface area (Å²) in [4.78, 5) is 13.3. The maximum Gasteiger partial charge on any atom is 0.338 e. The van der Waals surface area contributed by atoms with Crippen LogP contribution in [0, 0.1) is 0 Å². The summed E-state index contributed by atoms with van der Waals surface area (Å²) in [6, 6.07) is 10.8. The predicted octanol–water partition coefficient (Wildman–Crippen LogP) is 4.05. The zero-order chi connectivity index (χ0) is 38.0. The highest BCUT2D eigenvalue weighted by atomic mass is 16.6. The molecule has 2 heterocycles. The van der Waals surface area contributed by atoms with Gasteiger partial charge in [0.15, 0.2) is 46.4 Å². The maximum atomic E-state index is 13.3. The van der Waals surface area contributed by atoms with Crippen molar-refractivity contribution in [2.75, 3.05) is 0 Å². The molecule has 7 rings (SSSR count). The van der Waals surface area contributed by atoms with Crippen LogP contribution in [0.2, 0.25) is 0 Å².